The molecule has 0 spiro atoms. The van der Waals surface area contributed by atoms with Crippen LogP contribution in [0.25, 0.3) is 0 Å². The molecule has 0 aliphatic rings. The van der Waals surface area contributed by atoms with Crippen LogP contribution in [0, 0.1) is 18.3 Å². The average molecular weight is 364 g/mol. The Kier molecular flexibility index (Phi) is 6.95. The van der Waals surface area contributed by atoms with Crippen molar-refractivity contribution < 1.29 is 9.59 Å². The zero-order valence-electron chi connectivity index (χ0n) is 15.9. The van der Waals surface area contributed by atoms with E-state index in [1.54, 1.807) is 24.3 Å². The van der Waals surface area contributed by atoms with E-state index in [2.05, 4.69) is 29.4 Å². The Morgan fingerprint density at radius 3 is 2.37 bits per heavy atom. The molecule has 2 rings (SSSR count). The highest BCUT2D eigenvalue weighted by atomic mass is 16.2. The molecule has 0 heterocycles. The first-order valence-electron chi connectivity index (χ1n) is 8.92. The van der Waals surface area contributed by atoms with Crippen molar-refractivity contribution in [3.8, 4) is 6.07 Å². The summed E-state index contributed by atoms with van der Waals surface area (Å²) in [5, 5.41) is 14.3. The molecule has 0 aromatic heterocycles. The third-order valence-electron chi connectivity index (χ3n) is 4.21. The van der Waals surface area contributed by atoms with Crippen LogP contribution in [-0.2, 0) is 9.59 Å². The van der Waals surface area contributed by atoms with E-state index in [0.717, 1.165) is 24.3 Å². The molecule has 6 nitrogen and oxygen atoms in total. The number of carbonyl (C=O) groups excluding carboxylic acids is 2. The van der Waals surface area contributed by atoms with Crippen LogP contribution in [-0.4, -0.2) is 24.9 Å². The first-order valence-corrected chi connectivity index (χ1v) is 8.92. The molecule has 0 unspecified atom stereocenters. The van der Waals surface area contributed by atoms with Gasteiger partial charge in [-0.3, -0.25) is 9.59 Å². The van der Waals surface area contributed by atoms with Gasteiger partial charge in [-0.25, -0.2) is 0 Å². The van der Waals surface area contributed by atoms with Gasteiger partial charge in [0.05, 0.1) is 11.6 Å². The van der Waals surface area contributed by atoms with E-state index in [1.165, 1.54) is 0 Å². The van der Waals surface area contributed by atoms with Gasteiger partial charge in [-0.2, -0.15) is 5.26 Å². The fraction of sp³-hybridized carbons (Fsp3) is 0.286. The first-order chi connectivity index (χ1) is 13.0. The standard InChI is InChI=1S/C21H24N4O2/c1-4-25(5-2)18-9-10-19(15(3)11-18)24-21(27)13-20(26)23-17-8-6-7-16(12-17)14-22/h6-12H,4-5,13H2,1-3H3,(H,23,26)(H,24,27). The van der Waals surface area contributed by atoms with Crippen LogP contribution in [0.2, 0.25) is 0 Å². The Morgan fingerprint density at radius 2 is 1.74 bits per heavy atom. The number of aryl methyl sites for hydroxylation is 1. The highest BCUT2D eigenvalue weighted by Gasteiger charge is 2.12. The second-order valence-electron chi connectivity index (χ2n) is 6.14. The lowest BCUT2D eigenvalue weighted by Gasteiger charge is -2.22. The molecule has 140 valence electrons. The predicted octanol–water partition coefficient (Wildman–Crippen LogP) is 3.68. The van der Waals surface area contributed by atoms with E-state index in [0.29, 0.717) is 16.9 Å². The zero-order chi connectivity index (χ0) is 19.8. The van der Waals surface area contributed by atoms with E-state index in [-0.39, 0.29) is 12.3 Å². The molecule has 6 heteroatoms. The minimum Gasteiger partial charge on any atom is -0.372 e. The Labute approximate surface area is 159 Å². The minimum absolute atomic E-state index is 0.298. The van der Waals surface area contributed by atoms with Crippen molar-refractivity contribution in [1.29, 1.82) is 5.26 Å². The quantitative estimate of drug-likeness (QED) is 0.734. The van der Waals surface area contributed by atoms with Gasteiger partial charge in [0.2, 0.25) is 11.8 Å². The number of benzene rings is 2. The predicted molar refractivity (Wildman–Crippen MR) is 108 cm³/mol. The molecule has 0 aliphatic carbocycles. The normalized spacial score (nSPS) is 10.0. The monoisotopic (exact) mass is 364 g/mol. The van der Waals surface area contributed by atoms with E-state index in [9.17, 15) is 9.59 Å². The van der Waals surface area contributed by atoms with E-state index < -0.39 is 5.91 Å². The molecule has 0 aliphatic heterocycles. The number of nitrogens with zero attached hydrogens (tertiary/aromatic N) is 2. The third kappa shape index (κ3) is 5.58. The molecule has 0 atom stereocenters. The summed E-state index contributed by atoms with van der Waals surface area (Å²) in [6, 6.07) is 14.4. The summed E-state index contributed by atoms with van der Waals surface area (Å²) in [5.74, 6) is -0.817. The highest BCUT2D eigenvalue weighted by molar-refractivity contribution is 6.08. The summed E-state index contributed by atoms with van der Waals surface area (Å²) in [7, 11) is 0. The van der Waals surface area contributed by atoms with Crippen LogP contribution < -0.4 is 15.5 Å². The number of anilines is 3. The maximum absolute atomic E-state index is 12.2. The molecule has 2 N–H and O–H groups in total. The van der Waals surface area contributed by atoms with Crippen molar-refractivity contribution in [2.24, 2.45) is 0 Å². The molecule has 0 bridgehead atoms. The van der Waals surface area contributed by atoms with E-state index >= 15 is 0 Å². The van der Waals surface area contributed by atoms with Crippen molar-refractivity contribution in [3.63, 3.8) is 0 Å². The molecule has 0 radical (unpaired) electrons. The SMILES string of the molecule is CCN(CC)c1ccc(NC(=O)CC(=O)Nc2cccc(C#N)c2)c(C)c1. The van der Waals surface area contributed by atoms with Crippen molar-refractivity contribution >= 4 is 28.9 Å². The summed E-state index contributed by atoms with van der Waals surface area (Å²) in [5.41, 5.74) is 3.67. The van der Waals surface area contributed by atoms with Crippen molar-refractivity contribution in [3.05, 3.63) is 53.6 Å². The summed E-state index contributed by atoms with van der Waals surface area (Å²) in [6.45, 7) is 7.94. The van der Waals surface area contributed by atoms with Crippen molar-refractivity contribution in [2.45, 2.75) is 27.2 Å². The van der Waals surface area contributed by atoms with E-state index in [4.69, 9.17) is 5.26 Å². The molecule has 2 aromatic rings. The van der Waals surface area contributed by atoms with Gasteiger partial charge in [-0.15, -0.1) is 0 Å². The lowest BCUT2D eigenvalue weighted by molar-refractivity contribution is -0.123. The lowest BCUT2D eigenvalue weighted by atomic mass is 10.1. The molecular formula is C21H24N4O2. The van der Waals surface area contributed by atoms with Crippen LogP contribution in [0.1, 0.15) is 31.4 Å². The van der Waals surface area contributed by atoms with E-state index in [1.807, 2.05) is 31.2 Å². The second kappa shape index (κ2) is 9.39. The summed E-state index contributed by atoms with van der Waals surface area (Å²) in [4.78, 5) is 26.5. The van der Waals surface area contributed by atoms with Gasteiger partial charge in [-0.05, 0) is 62.7 Å². The summed E-state index contributed by atoms with van der Waals surface area (Å²) in [6.07, 6.45) is -0.298. The molecule has 0 saturated carbocycles. The number of amides is 2. The van der Waals surface area contributed by atoms with Gasteiger partial charge in [0.15, 0.2) is 0 Å². The molecule has 0 fully saturated rings. The van der Waals surface area contributed by atoms with Gasteiger partial charge in [0.25, 0.3) is 0 Å². The maximum Gasteiger partial charge on any atom is 0.233 e. The number of hydrogen-bond acceptors (Lipinski definition) is 4. The zero-order valence-corrected chi connectivity index (χ0v) is 15.9. The number of nitriles is 1. The molecule has 0 saturated heterocycles. The Morgan fingerprint density at radius 1 is 1.04 bits per heavy atom. The summed E-state index contributed by atoms with van der Waals surface area (Å²) >= 11 is 0. The van der Waals surface area contributed by atoms with Gasteiger partial charge in [0.1, 0.15) is 6.42 Å². The molecule has 27 heavy (non-hydrogen) atoms. The van der Waals surface area contributed by atoms with Crippen molar-refractivity contribution in [1.82, 2.24) is 0 Å². The van der Waals surface area contributed by atoms with Crippen LogP contribution in [0.4, 0.5) is 17.1 Å². The van der Waals surface area contributed by atoms with Gasteiger partial charge < -0.3 is 15.5 Å². The van der Waals surface area contributed by atoms with Gasteiger partial charge >= 0.3 is 0 Å². The third-order valence-corrected chi connectivity index (χ3v) is 4.21. The topological polar surface area (TPSA) is 85.2 Å². The molecule has 2 amide bonds. The maximum atomic E-state index is 12.2. The molecule has 2 aromatic carbocycles. The Bertz CT molecular complexity index is 867. The fourth-order valence-electron chi connectivity index (χ4n) is 2.79. The number of carbonyl (C=O) groups is 2. The second-order valence-corrected chi connectivity index (χ2v) is 6.14. The van der Waals surface area contributed by atoms with Gasteiger partial charge in [-0.1, -0.05) is 6.07 Å². The Balaban J connectivity index is 1.96. The number of nitrogens with one attached hydrogen (secondary N) is 2. The first kappa shape index (κ1) is 20.0. The molecular weight excluding hydrogens is 340 g/mol. The fourth-order valence-corrected chi connectivity index (χ4v) is 2.79. The lowest BCUT2D eigenvalue weighted by Crippen LogP contribution is -2.23. The summed E-state index contributed by atoms with van der Waals surface area (Å²) < 4.78 is 0. The highest BCUT2D eigenvalue weighted by Crippen LogP contribution is 2.22. The Hall–Kier alpha value is -3.33. The number of hydrogen-bond donors (Lipinski definition) is 2. The van der Waals surface area contributed by atoms with Crippen LogP contribution >= 0.6 is 0 Å². The average Bonchev–Trinajstić information content (AvgIpc) is 2.64. The minimum atomic E-state index is -0.431. The smallest absolute Gasteiger partial charge is 0.233 e. The largest absolute Gasteiger partial charge is 0.372 e. The van der Waals surface area contributed by atoms with Gasteiger partial charge in [0, 0.05) is 30.2 Å². The van der Waals surface area contributed by atoms with Crippen LogP contribution in [0.15, 0.2) is 42.5 Å². The number of rotatable bonds is 7. The van der Waals surface area contributed by atoms with Crippen LogP contribution in [0.3, 0.4) is 0 Å². The van der Waals surface area contributed by atoms with Crippen LogP contribution in [0.5, 0.6) is 0 Å². The van der Waals surface area contributed by atoms with Crippen molar-refractivity contribution in [2.75, 3.05) is 28.6 Å².